The molecular formula is C27H26N2O3. The molecule has 1 aliphatic rings. The van der Waals surface area contributed by atoms with Crippen molar-refractivity contribution in [3.8, 4) is 5.75 Å². The Labute approximate surface area is 187 Å². The quantitative estimate of drug-likeness (QED) is 0.474. The van der Waals surface area contributed by atoms with Gasteiger partial charge in [0.15, 0.2) is 0 Å². The molecule has 4 aromatic carbocycles. The van der Waals surface area contributed by atoms with E-state index in [-0.39, 0.29) is 5.91 Å². The van der Waals surface area contributed by atoms with Crippen LogP contribution in [0.3, 0.4) is 0 Å². The van der Waals surface area contributed by atoms with Gasteiger partial charge in [-0.1, -0.05) is 54.6 Å². The van der Waals surface area contributed by atoms with Crippen molar-refractivity contribution in [2.75, 3.05) is 44.8 Å². The van der Waals surface area contributed by atoms with Crippen molar-refractivity contribution in [2.24, 2.45) is 0 Å². The van der Waals surface area contributed by atoms with Crippen molar-refractivity contribution in [2.45, 2.75) is 0 Å². The number of morpholine rings is 1. The van der Waals surface area contributed by atoms with E-state index < -0.39 is 0 Å². The molecule has 0 radical (unpaired) electrons. The fourth-order valence-corrected chi connectivity index (χ4v) is 4.14. The molecule has 1 fully saturated rings. The van der Waals surface area contributed by atoms with Crippen LogP contribution < -0.4 is 10.1 Å². The van der Waals surface area contributed by atoms with Crippen LogP contribution in [0.4, 0.5) is 5.69 Å². The standard InChI is InChI=1S/C27H26N2O3/c30-27(22-10-9-20-5-1-2-6-21(20)19-22)28-25-11-12-26(24-8-4-3-7-23(24)25)32-18-15-29-13-16-31-17-14-29/h1-12,19H,13-18H2,(H,28,30). The van der Waals surface area contributed by atoms with Crippen LogP contribution in [0, 0.1) is 0 Å². The number of amides is 1. The van der Waals surface area contributed by atoms with E-state index in [1.165, 1.54) is 0 Å². The summed E-state index contributed by atoms with van der Waals surface area (Å²) in [6.45, 7) is 4.96. The molecule has 5 nitrogen and oxygen atoms in total. The lowest BCUT2D eigenvalue weighted by Gasteiger charge is -2.26. The highest BCUT2D eigenvalue weighted by Gasteiger charge is 2.13. The zero-order valence-electron chi connectivity index (χ0n) is 17.9. The van der Waals surface area contributed by atoms with Gasteiger partial charge in [0.1, 0.15) is 12.4 Å². The first-order chi connectivity index (χ1) is 15.8. The Hall–Kier alpha value is -3.41. The molecule has 0 bridgehead atoms. The van der Waals surface area contributed by atoms with E-state index >= 15 is 0 Å². The average molecular weight is 427 g/mol. The molecule has 0 saturated carbocycles. The van der Waals surface area contributed by atoms with E-state index in [4.69, 9.17) is 9.47 Å². The minimum Gasteiger partial charge on any atom is -0.492 e. The number of carbonyl (C=O) groups is 1. The van der Waals surface area contributed by atoms with Gasteiger partial charge in [-0.05, 0) is 35.0 Å². The van der Waals surface area contributed by atoms with Gasteiger partial charge in [0, 0.05) is 41.7 Å². The monoisotopic (exact) mass is 426 g/mol. The molecule has 1 amide bonds. The van der Waals surface area contributed by atoms with Crippen LogP contribution in [0.1, 0.15) is 10.4 Å². The molecule has 0 atom stereocenters. The van der Waals surface area contributed by atoms with Gasteiger partial charge in [-0.2, -0.15) is 0 Å². The lowest BCUT2D eigenvalue weighted by atomic mass is 10.1. The first-order valence-electron chi connectivity index (χ1n) is 11.0. The molecule has 5 rings (SSSR count). The smallest absolute Gasteiger partial charge is 0.255 e. The maximum absolute atomic E-state index is 13.0. The number of fused-ring (bicyclic) bond motifs is 2. The number of anilines is 1. The summed E-state index contributed by atoms with van der Waals surface area (Å²) in [4.78, 5) is 15.3. The normalized spacial score (nSPS) is 14.5. The van der Waals surface area contributed by atoms with E-state index in [0.29, 0.717) is 12.2 Å². The summed E-state index contributed by atoms with van der Waals surface area (Å²) in [5, 5.41) is 7.21. The minimum atomic E-state index is -0.123. The van der Waals surface area contributed by atoms with Gasteiger partial charge in [-0.15, -0.1) is 0 Å². The van der Waals surface area contributed by atoms with Crippen LogP contribution in [0.15, 0.2) is 78.9 Å². The van der Waals surface area contributed by atoms with Gasteiger partial charge in [0.2, 0.25) is 0 Å². The van der Waals surface area contributed by atoms with E-state index in [2.05, 4.69) is 10.2 Å². The Kier molecular flexibility index (Phi) is 6.01. The molecule has 162 valence electrons. The third-order valence-electron chi connectivity index (χ3n) is 5.91. The maximum atomic E-state index is 13.0. The fraction of sp³-hybridized carbons (Fsp3) is 0.222. The van der Waals surface area contributed by atoms with Crippen molar-refractivity contribution in [3.05, 3.63) is 84.4 Å². The van der Waals surface area contributed by atoms with Crippen LogP contribution in [0.5, 0.6) is 5.75 Å². The molecule has 0 aliphatic carbocycles. The van der Waals surface area contributed by atoms with Gasteiger partial charge in [-0.25, -0.2) is 0 Å². The summed E-state index contributed by atoms with van der Waals surface area (Å²) in [6, 6.07) is 25.7. The lowest BCUT2D eigenvalue weighted by molar-refractivity contribution is 0.0323. The summed E-state index contributed by atoms with van der Waals surface area (Å²) in [5.74, 6) is 0.708. The molecule has 1 N–H and O–H groups in total. The number of rotatable bonds is 6. The van der Waals surface area contributed by atoms with Crippen molar-refractivity contribution in [1.29, 1.82) is 0 Å². The molecule has 1 heterocycles. The molecule has 1 saturated heterocycles. The highest BCUT2D eigenvalue weighted by Crippen LogP contribution is 2.32. The Bertz CT molecular complexity index is 1250. The Balaban J connectivity index is 1.33. The number of nitrogens with one attached hydrogen (secondary N) is 1. The summed E-state index contributed by atoms with van der Waals surface area (Å²) >= 11 is 0. The first-order valence-corrected chi connectivity index (χ1v) is 11.0. The molecular weight excluding hydrogens is 400 g/mol. The highest BCUT2D eigenvalue weighted by atomic mass is 16.5. The topological polar surface area (TPSA) is 50.8 Å². The molecule has 0 unspecified atom stereocenters. The van der Waals surface area contributed by atoms with E-state index in [9.17, 15) is 4.79 Å². The highest BCUT2D eigenvalue weighted by molar-refractivity contribution is 6.11. The second-order valence-electron chi connectivity index (χ2n) is 7.98. The molecule has 5 heteroatoms. The Morgan fingerprint density at radius 3 is 2.47 bits per heavy atom. The number of ether oxygens (including phenoxy) is 2. The van der Waals surface area contributed by atoms with E-state index in [0.717, 1.165) is 65.8 Å². The number of hydrogen-bond acceptors (Lipinski definition) is 4. The maximum Gasteiger partial charge on any atom is 0.255 e. The van der Waals surface area contributed by atoms with Crippen molar-refractivity contribution in [3.63, 3.8) is 0 Å². The zero-order valence-corrected chi connectivity index (χ0v) is 17.9. The number of benzene rings is 4. The van der Waals surface area contributed by atoms with Crippen molar-refractivity contribution >= 4 is 33.1 Å². The van der Waals surface area contributed by atoms with Crippen LogP contribution >= 0.6 is 0 Å². The predicted molar refractivity (Wildman–Crippen MR) is 129 cm³/mol. The van der Waals surface area contributed by atoms with Crippen LogP contribution in [0.25, 0.3) is 21.5 Å². The Morgan fingerprint density at radius 2 is 1.62 bits per heavy atom. The SMILES string of the molecule is O=C(Nc1ccc(OCCN2CCOCC2)c2ccccc12)c1ccc2ccccc2c1. The summed E-state index contributed by atoms with van der Waals surface area (Å²) in [6.07, 6.45) is 0. The van der Waals surface area contributed by atoms with Gasteiger partial charge < -0.3 is 14.8 Å². The number of carbonyl (C=O) groups excluding carboxylic acids is 1. The number of nitrogens with zero attached hydrogens (tertiary/aromatic N) is 1. The zero-order chi connectivity index (χ0) is 21.8. The van der Waals surface area contributed by atoms with Crippen molar-refractivity contribution < 1.29 is 14.3 Å². The predicted octanol–water partition coefficient (Wildman–Crippen LogP) is 4.96. The summed E-state index contributed by atoms with van der Waals surface area (Å²) < 4.78 is 11.5. The summed E-state index contributed by atoms with van der Waals surface area (Å²) in [5.41, 5.74) is 1.41. The third-order valence-corrected chi connectivity index (χ3v) is 5.91. The van der Waals surface area contributed by atoms with Gasteiger partial charge in [0.25, 0.3) is 5.91 Å². The first kappa shape index (κ1) is 20.5. The Morgan fingerprint density at radius 1 is 0.875 bits per heavy atom. The molecule has 1 aliphatic heterocycles. The van der Waals surface area contributed by atoms with E-state index in [1.54, 1.807) is 0 Å². The fourth-order valence-electron chi connectivity index (χ4n) is 4.14. The molecule has 4 aromatic rings. The summed E-state index contributed by atoms with van der Waals surface area (Å²) in [7, 11) is 0. The number of hydrogen-bond donors (Lipinski definition) is 1. The largest absolute Gasteiger partial charge is 0.492 e. The second-order valence-corrected chi connectivity index (χ2v) is 7.98. The van der Waals surface area contributed by atoms with Crippen LogP contribution in [0.2, 0.25) is 0 Å². The minimum absolute atomic E-state index is 0.123. The lowest BCUT2D eigenvalue weighted by Crippen LogP contribution is -2.38. The molecule has 0 aromatic heterocycles. The third kappa shape index (κ3) is 4.44. The van der Waals surface area contributed by atoms with Crippen LogP contribution in [-0.2, 0) is 4.74 Å². The van der Waals surface area contributed by atoms with Gasteiger partial charge >= 0.3 is 0 Å². The molecule has 32 heavy (non-hydrogen) atoms. The van der Waals surface area contributed by atoms with Crippen LogP contribution in [-0.4, -0.2) is 50.3 Å². The van der Waals surface area contributed by atoms with Gasteiger partial charge in [-0.3, -0.25) is 9.69 Å². The van der Waals surface area contributed by atoms with Crippen molar-refractivity contribution in [1.82, 2.24) is 4.90 Å². The average Bonchev–Trinajstić information content (AvgIpc) is 2.85. The molecule has 0 spiro atoms. The second kappa shape index (κ2) is 9.39. The van der Waals surface area contributed by atoms with E-state index in [1.807, 2.05) is 78.9 Å². The van der Waals surface area contributed by atoms with Gasteiger partial charge in [0.05, 0.1) is 13.2 Å².